The van der Waals surface area contributed by atoms with Crippen molar-refractivity contribution in [1.29, 1.82) is 0 Å². The molecule has 0 unspecified atom stereocenters. The van der Waals surface area contributed by atoms with Gasteiger partial charge in [-0.1, -0.05) is 56.3 Å². The maximum Gasteiger partial charge on any atom is 0.251 e. The van der Waals surface area contributed by atoms with Crippen LogP contribution in [0.1, 0.15) is 42.3 Å². The van der Waals surface area contributed by atoms with Gasteiger partial charge in [-0.3, -0.25) is 4.79 Å². The van der Waals surface area contributed by atoms with E-state index in [1.807, 2.05) is 31.2 Å². The Kier molecular flexibility index (Phi) is 9.99. The monoisotopic (exact) mass is 494 g/mol. The van der Waals surface area contributed by atoms with E-state index >= 15 is 0 Å². The van der Waals surface area contributed by atoms with Gasteiger partial charge >= 0.3 is 0 Å². The van der Waals surface area contributed by atoms with Crippen LogP contribution in [0.15, 0.2) is 59.6 Å². The molecule has 28 heavy (non-hydrogen) atoms. The maximum atomic E-state index is 11.8. The Morgan fingerprint density at radius 1 is 1.04 bits per heavy atom. The lowest BCUT2D eigenvalue weighted by Crippen LogP contribution is -2.43. The number of hydrogen-bond acceptors (Lipinski definition) is 2. The van der Waals surface area contributed by atoms with Crippen molar-refractivity contribution in [3.8, 4) is 0 Å². The van der Waals surface area contributed by atoms with Crippen LogP contribution < -0.4 is 16.0 Å². The van der Waals surface area contributed by atoms with E-state index < -0.39 is 0 Å². The zero-order valence-electron chi connectivity index (χ0n) is 17.1. The van der Waals surface area contributed by atoms with Crippen LogP contribution in [0.5, 0.6) is 0 Å². The van der Waals surface area contributed by atoms with Crippen molar-refractivity contribution < 1.29 is 4.79 Å². The van der Waals surface area contributed by atoms with Gasteiger partial charge in [-0.05, 0) is 30.2 Å². The Bertz CT molecular complexity index is 775. The molecule has 2 rings (SSSR count). The molecule has 0 radical (unpaired) electrons. The number of carbonyl (C=O) groups is 1. The third-order valence-electron chi connectivity index (χ3n) is 4.43. The second-order valence-corrected chi connectivity index (χ2v) is 7.08. The standard InChI is InChI=1S/C22H30N4O.HI/c1-5-24-21(26-16-22(2,3)19-12-7-6-8-13-19)25-15-17-10-9-11-18(14-17)20(27)23-4;/h6-14H,5,15-16H2,1-4H3,(H,23,27)(H2,24,25,26);1H. The van der Waals surface area contributed by atoms with Crippen LogP contribution in [0, 0.1) is 0 Å². The fourth-order valence-corrected chi connectivity index (χ4v) is 2.76. The molecular weight excluding hydrogens is 463 g/mol. The van der Waals surface area contributed by atoms with Crippen LogP contribution in [-0.2, 0) is 12.0 Å². The fraction of sp³-hybridized carbons (Fsp3) is 0.364. The lowest BCUT2D eigenvalue weighted by Gasteiger charge is -2.26. The molecule has 0 atom stereocenters. The van der Waals surface area contributed by atoms with Crippen molar-refractivity contribution in [3.05, 3.63) is 71.3 Å². The number of carbonyl (C=O) groups excluding carboxylic acids is 1. The van der Waals surface area contributed by atoms with Crippen molar-refractivity contribution >= 4 is 35.8 Å². The molecule has 0 aliphatic heterocycles. The second kappa shape index (κ2) is 11.7. The molecule has 0 spiro atoms. The summed E-state index contributed by atoms with van der Waals surface area (Å²) in [5.41, 5.74) is 2.91. The first-order valence-corrected chi connectivity index (χ1v) is 9.35. The SMILES string of the molecule is CCNC(=NCc1cccc(C(=O)NC)c1)NCC(C)(C)c1ccccc1.I. The summed E-state index contributed by atoms with van der Waals surface area (Å²) in [4.78, 5) is 16.5. The van der Waals surface area contributed by atoms with Gasteiger partial charge in [0, 0.05) is 31.1 Å². The molecule has 5 nitrogen and oxygen atoms in total. The highest BCUT2D eigenvalue weighted by Gasteiger charge is 2.20. The molecule has 0 saturated heterocycles. The van der Waals surface area contributed by atoms with Gasteiger partial charge in [-0.25, -0.2) is 4.99 Å². The van der Waals surface area contributed by atoms with Gasteiger partial charge in [0.25, 0.3) is 5.91 Å². The minimum atomic E-state index is -0.0875. The van der Waals surface area contributed by atoms with E-state index in [1.165, 1.54) is 5.56 Å². The van der Waals surface area contributed by atoms with Crippen LogP contribution in [0.4, 0.5) is 0 Å². The fourth-order valence-electron chi connectivity index (χ4n) is 2.76. The van der Waals surface area contributed by atoms with E-state index in [9.17, 15) is 4.79 Å². The van der Waals surface area contributed by atoms with E-state index in [0.29, 0.717) is 12.1 Å². The lowest BCUT2D eigenvalue weighted by molar-refractivity contribution is 0.0963. The quantitative estimate of drug-likeness (QED) is 0.313. The molecule has 2 aromatic carbocycles. The largest absolute Gasteiger partial charge is 0.357 e. The Morgan fingerprint density at radius 3 is 2.39 bits per heavy atom. The summed E-state index contributed by atoms with van der Waals surface area (Å²) in [7, 11) is 1.63. The van der Waals surface area contributed by atoms with Crippen LogP contribution in [0.3, 0.4) is 0 Å². The first kappa shape index (κ1) is 23.9. The van der Waals surface area contributed by atoms with Gasteiger partial charge in [0.1, 0.15) is 0 Å². The summed E-state index contributed by atoms with van der Waals surface area (Å²) in [6, 6.07) is 18.0. The molecule has 0 heterocycles. The predicted octanol–water partition coefficient (Wildman–Crippen LogP) is 3.70. The molecule has 0 fully saturated rings. The number of nitrogens with one attached hydrogen (secondary N) is 3. The molecule has 1 amide bonds. The highest BCUT2D eigenvalue weighted by Crippen LogP contribution is 2.21. The van der Waals surface area contributed by atoms with Crippen LogP contribution >= 0.6 is 24.0 Å². The highest BCUT2D eigenvalue weighted by atomic mass is 127. The summed E-state index contributed by atoms with van der Waals surface area (Å²) < 4.78 is 0. The van der Waals surface area contributed by atoms with Crippen molar-refractivity contribution in [3.63, 3.8) is 0 Å². The van der Waals surface area contributed by atoms with E-state index in [4.69, 9.17) is 0 Å². The molecule has 6 heteroatoms. The minimum Gasteiger partial charge on any atom is -0.357 e. The first-order valence-electron chi connectivity index (χ1n) is 9.35. The zero-order valence-corrected chi connectivity index (χ0v) is 19.4. The van der Waals surface area contributed by atoms with Crippen molar-refractivity contribution in [2.24, 2.45) is 4.99 Å². The highest BCUT2D eigenvalue weighted by molar-refractivity contribution is 14.0. The van der Waals surface area contributed by atoms with Gasteiger partial charge in [-0.2, -0.15) is 0 Å². The normalized spacial score (nSPS) is 11.4. The molecule has 3 N–H and O–H groups in total. The molecule has 0 bridgehead atoms. The lowest BCUT2D eigenvalue weighted by atomic mass is 9.85. The number of nitrogens with zero attached hydrogens (tertiary/aromatic N) is 1. The Hall–Kier alpha value is -2.09. The molecular formula is C22H31IN4O. The summed E-state index contributed by atoms with van der Waals surface area (Å²) in [5.74, 6) is 0.683. The third-order valence-corrected chi connectivity index (χ3v) is 4.43. The van der Waals surface area contributed by atoms with Crippen LogP contribution in [-0.4, -0.2) is 32.0 Å². The smallest absolute Gasteiger partial charge is 0.251 e. The van der Waals surface area contributed by atoms with Gasteiger partial charge < -0.3 is 16.0 Å². The van der Waals surface area contributed by atoms with Gasteiger partial charge in [0.05, 0.1) is 6.54 Å². The average Bonchev–Trinajstić information content (AvgIpc) is 2.70. The number of benzene rings is 2. The molecule has 0 aliphatic rings. The predicted molar refractivity (Wildman–Crippen MR) is 128 cm³/mol. The Labute approximate surface area is 185 Å². The van der Waals surface area contributed by atoms with E-state index in [-0.39, 0.29) is 35.3 Å². The molecule has 0 saturated carbocycles. The Morgan fingerprint density at radius 2 is 1.75 bits per heavy atom. The van der Waals surface area contributed by atoms with Gasteiger partial charge in [-0.15, -0.1) is 24.0 Å². The van der Waals surface area contributed by atoms with Crippen LogP contribution in [0.2, 0.25) is 0 Å². The number of halogens is 1. The van der Waals surface area contributed by atoms with Crippen molar-refractivity contribution in [2.45, 2.75) is 32.7 Å². The first-order chi connectivity index (χ1) is 13.0. The zero-order chi connectivity index (χ0) is 19.7. The summed E-state index contributed by atoms with van der Waals surface area (Å²) in [6.45, 7) is 8.53. The van der Waals surface area contributed by atoms with Crippen molar-refractivity contribution in [1.82, 2.24) is 16.0 Å². The summed E-state index contributed by atoms with van der Waals surface area (Å²) in [5, 5.41) is 9.37. The number of hydrogen-bond donors (Lipinski definition) is 3. The van der Waals surface area contributed by atoms with E-state index in [2.05, 4.69) is 59.1 Å². The minimum absolute atomic E-state index is 0. The number of guanidine groups is 1. The van der Waals surface area contributed by atoms with Gasteiger partial charge in [0.2, 0.25) is 0 Å². The van der Waals surface area contributed by atoms with E-state index in [1.54, 1.807) is 13.1 Å². The third kappa shape index (κ3) is 7.14. The maximum absolute atomic E-state index is 11.8. The number of rotatable bonds is 7. The van der Waals surface area contributed by atoms with Gasteiger partial charge in [0.15, 0.2) is 5.96 Å². The van der Waals surface area contributed by atoms with Crippen molar-refractivity contribution in [2.75, 3.05) is 20.1 Å². The second-order valence-electron chi connectivity index (χ2n) is 7.08. The molecule has 0 aliphatic carbocycles. The molecule has 2 aromatic rings. The average molecular weight is 494 g/mol. The number of aliphatic imine (C=N–C) groups is 1. The number of amides is 1. The molecule has 152 valence electrons. The topological polar surface area (TPSA) is 65.5 Å². The summed E-state index contributed by atoms with van der Waals surface area (Å²) >= 11 is 0. The molecule has 0 aromatic heterocycles. The van der Waals surface area contributed by atoms with Crippen LogP contribution in [0.25, 0.3) is 0 Å². The summed E-state index contributed by atoms with van der Waals surface area (Å²) in [6.07, 6.45) is 0. The van der Waals surface area contributed by atoms with E-state index in [0.717, 1.165) is 24.6 Å². The Balaban J connectivity index is 0.00000392.